The number of nitrogens with one attached hydrogen (secondary N) is 1. The van der Waals surface area contributed by atoms with Crippen LogP contribution in [0.4, 0.5) is 0 Å². The van der Waals surface area contributed by atoms with Crippen molar-refractivity contribution in [1.82, 2.24) is 34.8 Å². The van der Waals surface area contributed by atoms with Gasteiger partial charge in [-0.25, -0.2) is 0 Å². The smallest absolute Gasteiger partial charge is 0.222 e. The first-order valence-corrected chi connectivity index (χ1v) is 28.6. The van der Waals surface area contributed by atoms with Gasteiger partial charge in [-0.05, 0) is 100 Å². The molecule has 438 valence electrons. The van der Waals surface area contributed by atoms with Gasteiger partial charge < -0.3 is 47.9 Å². The molecule has 4 heterocycles. The molecule has 0 bridgehead atoms. The third-order valence-electron chi connectivity index (χ3n) is 13.6. The summed E-state index contributed by atoms with van der Waals surface area (Å²) < 4.78 is 54.6. The lowest BCUT2D eigenvalue weighted by atomic mass is 9.99. The van der Waals surface area contributed by atoms with Crippen molar-refractivity contribution >= 4 is 46.3 Å². The molecule has 22 heteroatoms. The Balaban J connectivity index is 0.585. The van der Waals surface area contributed by atoms with Crippen LogP contribution in [0, 0.1) is 13.8 Å². The number of aliphatic imine (C=N–C) groups is 2. The number of unbranched alkanes of at least 4 members (excludes halogenated alkanes) is 2. The fourth-order valence-corrected chi connectivity index (χ4v) is 9.70. The van der Waals surface area contributed by atoms with E-state index in [0.29, 0.717) is 157 Å². The number of aromatic nitrogens is 6. The number of fused-ring (bicyclic) bond motifs is 6. The summed E-state index contributed by atoms with van der Waals surface area (Å²) in [5, 5.41) is 22.0. The average molecular weight is 1170 g/mol. The van der Waals surface area contributed by atoms with Crippen molar-refractivity contribution in [3.8, 4) is 22.9 Å². The third kappa shape index (κ3) is 17.5. The van der Waals surface area contributed by atoms with E-state index in [-0.39, 0.29) is 24.5 Å². The zero-order chi connectivity index (χ0) is 57.5. The van der Waals surface area contributed by atoms with Gasteiger partial charge in [-0.2, -0.15) is 0 Å². The molecule has 0 radical (unpaired) electrons. The lowest BCUT2D eigenvalue weighted by molar-refractivity contribution is -0.121. The first-order valence-electron chi connectivity index (χ1n) is 27.8. The second-order valence-corrected chi connectivity index (χ2v) is 20.3. The van der Waals surface area contributed by atoms with Crippen molar-refractivity contribution in [2.45, 2.75) is 70.9 Å². The van der Waals surface area contributed by atoms with Crippen LogP contribution < -0.4 is 14.8 Å². The van der Waals surface area contributed by atoms with E-state index in [9.17, 15) is 9.59 Å². The molecule has 2 aromatic heterocycles. The zero-order valence-electron chi connectivity index (χ0n) is 47.1. The molecule has 82 heavy (non-hydrogen) atoms. The number of benzene rings is 4. The number of carbonyl (C=O) groups is 2. The summed E-state index contributed by atoms with van der Waals surface area (Å²) >= 11 is 12.5. The number of hydrogen-bond donors (Lipinski definition) is 1. The zero-order valence-corrected chi connectivity index (χ0v) is 48.6. The number of ether oxygens (including phenoxy) is 9. The van der Waals surface area contributed by atoms with Gasteiger partial charge in [-0.3, -0.25) is 28.7 Å². The van der Waals surface area contributed by atoms with E-state index in [2.05, 4.69) is 25.7 Å². The number of amides is 1. The Hall–Kier alpha value is -6.46. The molecule has 20 nitrogen and oxygen atoms in total. The molecule has 0 spiro atoms. The lowest BCUT2D eigenvalue weighted by Crippen LogP contribution is -2.26. The number of methoxy groups -OCH3 is 2. The van der Waals surface area contributed by atoms with Crippen LogP contribution in [0.3, 0.4) is 0 Å². The van der Waals surface area contributed by atoms with Gasteiger partial charge in [-0.15, -0.1) is 20.4 Å². The maximum absolute atomic E-state index is 13.4. The Labute approximate surface area is 488 Å². The van der Waals surface area contributed by atoms with Crippen LogP contribution in [-0.2, 0) is 42.7 Å². The molecule has 0 fully saturated rings. The van der Waals surface area contributed by atoms with Crippen molar-refractivity contribution in [3.63, 3.8) is 0 Å². The van der Waals surface area contributed by atoms with Crippen molar-refractivity contribution in [3.05, 3.63) is 141 Å². The first kappa shape index (κ1) is 61.6. The van der Waals surface area contributed by atoms with Gasteiger partial charge in [0.15, 0.2) is 11.6 Å². The minimum Gasteiger partial charge on any atom is -0.497 e. The maximum Gasteiger partial charge on any atom is 0.222 e. The summed E-state index contributed by atoms with van der Waals surface area (Å²) in [6, 6.07) is 25.5. The monoisotopic (exact) mass is 1170 g/mol. The van der Waals surface area contributed by atoms with E-state index in [1.165, 1.54) is 0 Å². The van der Waals surface area contributed by atoms with Crippen LogP contribution in [0.2, 0.25) is 10.0 Å². The molecule has 1 N–H and O–H groups in total. The normalized spacial score (nSPS) is 14.4. The highest BCUT2D eigenvalue weighted by atomic mass is 35.5. The van der Waals surface area contributed by atoms with Gasteiger partial charge in [-0.1, -0.05) is 47.5 Å². The Morgan fingerprint density at radius 2 is 0.890 bits per heavy atom. The highest BCUT2D eigenvalue weighted by molar-refractivity contribution is 6.31. The summed E-state index contributed by atoms with van der Waals surface area (Å²) in [7, 11) is 3.26. The number of hydrogen-bond acceptors (Lipinski definition) is 17. The third-order valence-corrected chi connectivity index (χ3v) is 14.1. The number of halogens is 2. The number of Topliss-reactive ketones (excluding diaryl/α,β-unsaturated/α-hetero) is 1. The van der Waals surface area contributed by atoms with Crippen molar-refractivity contribution in [1.29, 1.82) is 0 Å². The fraction of sp³-hybridized carbons (Fsp3) is 0.467. The minimum absolute atomic E-state index is 0.0580. The minimum atomic E-state index is -0.565. The molecule has 6 aromatic rings. The van der Waals surface area contributed by atoms with Crippen molar-refractivity contribution in [2.24, 2.45) is 9.98 Å². The van der Waals surface area contributed by atoms with Crippen molar-refractivity contribution < 1.29 is 52.2 Å². The van der Waals surface area contributed by atoms with Gasteiger partial charge in [0.25, 0.3) is 0 Å². The van der Waals surface area contributed by atoms with Crippen LogP contribution in [0.5, 0.6) is 11.5 Å². The Bertz CT molecular complexity index is 2860. The number of carbonyl (C=O) groups excluding carboxylic acids is 2. The summed E-state index contributed by atoms with van der Waals surface area (Å²) in [6.45, 7) is 10.8. The predicted molar refractivity (Wildman–Crippen MR) is 311 cm³/mol. The standard InChI is InChI=1S/C60H73Cl2N9O11/c1-41-66-68-59-52(64-57(43-10-14-45(61)15-11-43)50-38-48(74-3)18-20-54(50)70(41)59)37-47(72)9-8-24-77-26-28-79-30-32-81-34-36-82-35-33-80-31-29-78-27-25-76-23-7-5-6-22-63-56(73)40-53-60-69-67-42(2)71(60)55-21-19-49(75-4)39-51(55)58(65-53)44-12-16-46(62)17-13-44/h10-21,38-39,52-53H,5-9,22-37,40H2,1-4H3,(H,63,73)/t52-,53-/m0/s1. The molecule has 2 atom stereocenters. The first-order chi connectivity index (χ1) is 40.1. The quantitative estimate of drug-likeness (QED) is 0.0364. The van der Waals surface area contributed by atoms with Crippen LogP contribution in [0.15, 0.2) is 94.9 Å². The van der Waals surface area contributed by atoms with Gasteiger partial charge in [0, 0.05) is 64.9 Å². The number of nitrogens with zero attached hydrogens (tertiary/aromatic N) is 8. The molecule has 8 rings (SSSR count). The molecule has 0 aliphatic carbocycles. The highest BCUT2D eigenvalue weighted by Crippen LogP contribution is 2.37. The summed E-state index contributed by atoms with van der Waals surface area (Å²) in [5.41, 5.74) is 6.59. The topological polar surface area (TPSA) is 215 Å². The lowest BCUT2D eigenvalue weighted by Gasteiger charge is -2.14. The molecule has 0 unspecified atom stereocenters. The largest absolute Gasteiger partial charge is 0.497 e. The number of aryl methyl sites for hydroxylation is 2. The van der Waals surface area contributed by atoms with Gasteiger partial charge in [0.05, 0.1) is 123 Å². The van der Waals surface area contributed by atoms with Gasteiger partial charge in [0.2, 0.25) is 5.91 Å². The summed E-state index contributed by atoms with van der Waals surface area (Å²) in [4.78, 5) is 36.9. The fourth-order valence-electron chi connectivity index (χ4n) is 9.45. The SMILES string of the molecule is COc1ccc2c(c1)C(c1ccc(Cl)cc1)=N[C@@H](CC(=O)CCCOCCOCCOCCOCCOCCOCCOCCCCCNC(=O)C[C@@H]1N=C(c3ccc(Cl)cc3)c3cc(OC)ccc3-n3c(C)nnc31)c1nnc(C)n1-2. The van der Waals surface area contributed by atoms with E-state index in [1.54, 1.807) is 14.2 Å². The molecule has 0 saturated carbocycles. The van der Waals surface area contributed by atoms with Crippen LogP contribution in [-0.4, -0.2) is 166 Å². The van der Waals surface area contributed by atoms with Crippen molar-refractivity contribution in [2.75, 3.05) is 113 Å². The maximum atomic E-state index is 13.4. The molecule has 0 saturated heterocycles. The number of rotatable bonds is 36. The average Bonchev–Trinajstić information content (AvgIpc) is 4.24. The van der Waals surface area contributed by atoms with E-state index in [1.807, 2.05) is 108 Å². The van der Waals surface area contributed by atoms with Crippen LogP contribution in [0.25, 0.3) is 11.4 Å². The van der Waals surface area contributed by atoms with E-state index < -0.39 is 12.1 Å². The van der Waals surface area contributed by atoms with E-state index >= 15 is 0 Å². The second kappa shape index (κ2) is 32.4. The summed E-state index contributed by atoms with van der Waals surface area (Å²) in [5.74, 6) is 3.93. The molecule has 4 aromatic carbocycles. The molecular weight excluding hydrogens is 1090 g/mol. The molecule has 2 aliphatic heterocycles. The van der Waals surface area contributed by atoms with Crippen LogP contribution >= 0.6 is 23.2 Å². The van der Waals surface area contributed by atoms with Gasteiger partial charge >= 0.3 is 0 Å². The Morgan fingerprint density at radius 3 is 1.32 bits per heavy atom. The van der Waals surface area contributed by atoms with E-state index in [4.69, 9.17) is 75.8 Å². The van der Waals surface area contributed by atoms with Gasteiger partial charge in [0.1, 0.15) is 41.0 Å². The molecule has 1 amide bonds. The molecule has 2 aliphatic rings. The van der Waals surface area contributed by atoms with E-state index in [0.717, 1.165) is 64.3 Å². The van der Waals surface area contributed by atoms with Crippen LogP contribution in [0.1, 0.15) is 103 Å². The predicted octanol–water partition coefficient (Wildman–Crippen LogP) is 8.81. The summed E-state index contributed by atoms with van der Waals surface area (Å²) in [6.07, 6.45) is 3.81. The Morgan fingerprint density at radius 1 is 0.488 bits per heavy atom. The molecular formula is C60H73Cl2N9O11. The second-order valence-electron chi connectivity index (χ2n) is 19.4. The number of ketones is 1. The Kier molecular flexibility index (Phi) is 24.3. The highest BCUT2D eigenvalue weighted by Gasteiger charge is 2.32.